The van der Waals surface area contributed by atoms with Gasteiger partial charge in [-0.1, -0.05) is 20.8 Å². The van der Waals surface area contributed by atoms with Crippen molar-refractivity contribution in [2.45, 2.75) is 40.0 Å². The van der Waals surface area contributed by atoms with Crippen molar-refractivity contribution in [1.82, 2.24) is 9.97 Å². The number of rotatable bonds is 2. The molecule has 0 bridgehead atoms. The van der Waals surface area contributed by atoms with E-state index >= 15 is 0 Å². The first kappa shape index (κ1) is 12.0. The van der Waals surface area contributed by atoms with Gasteiger partial charge in [0.2, 0.25) is 0 Å². The van der Waals surface area contributed by atoms with Crippen LogP contribution in [0.2, 0.25) is 0 Å². The second-order valence-electron chi connectivity index (χ2n) is 4.98. The molecule has 4 heteroatoms. The Morgan fingerprint density at radius 1 is 1.20 bits per heavy atom. The van der Waals surface area contributed by atoms with E-state index in [9.17, 15) is 8.78 Å². The van der Waals surface area contributed by atoms with Gasteiger partial charge in [0.05, 0.1) is 0 Å². The summed E-state index contributed by atoms with van der Waals surface area (Å²) < 4.78 is 26.0. The van der Waals surface area contributed by atoms with Crippen molar-refractivity contribution in [2.24, 2.45) is 5.41 Å². The molecule has 0 fully saturated rings. The fourth-order valence-electron chi connectivity index (χ4n) is 1.20. The van der Waals surface area contributed by atoms with Crippen molar-refractivity contribution in [3.8, 4) is 0 Å². The van der Waals surface area contributed by atoms with Crippen LogP contribution in [0.15, 0.2) is 12.3 Å². The van der Waals surface area contributed by atoms with Gasteiger partial charge in [-0.3, -0.25) is 0 Å². The molecular formula is C11H16F2N2. The smallest absolute Gasteiger partial charge is 0.241 e. The van der Waals surface area contributed by atoms with Crippen LogP contribution in [0.25, 0.3) is 0 Å². The van der Waals surface area contributed by atoms with Crippen LogP contribution in [-0.2, 0) is 12.3 Å². The molecule has 1 heterocycles. The van der Waals surface area contributed by atoms with Gasteiger partial charge in [-0.25, -0.2) is 9.97 Å². The third-order valence-electron chi connectivity index (χ3n) is 1.84. The maximum atomic E-state index is 13.0. The largest absolute Gasteiger partial charge is 0.287 e. The molecule has 0 saturated heterocycles. The van der Waals surface area contributed by atoms with E-state index in [0.717, 1.165) is 6.92 Å². The van der Waals surface area contributed by atoms with E-state index in [1.54, 1.807) is 0 Å². The molecule has 0 N–H and O–H groups in total. The third kappa shape index (κ3) is 3.90. The second kappa shape index (κ2) is 3.83. The molecule has 1 rings (SSSR count). The summed E-state index contributed by atoms with van der Waals surface area (Å²) in [7, 11) is 0. The first-order chi connectivity index (χ1) is 6.68. The summed E-state index contributed by atoms with van der Waals surface area (Å²) in [5.74, 6) is -2.42. The molecule has 0 radical (unpaired) electrons. The molecule has 0 saturated carbocycles. The molecule has 15 heavy (non-hydrogen) atoms. The van der Waals surface area contributed by atoms with Gasteiger partial charge in [0.25, 0.3) is 5.92 Å². The maximum Gasteiger partial charge on any atom is 0.287 e. The van der Waals surface area contributed by atoms with Crippen molar-refractivity contribution in [1.29, 1.82) is 0 Å². The molecule has 1 aromatic heterocycles. The predicted octanol–water partition coefficient (Wildman–Crippen LogP) is 3.18. The van der Waals surface area contributed by atoms with Crippen molar-refractivity contribution in [2.75, 3.05) is 0 Å². The summed E-state index contributed by atoms with van der Waals surface area (Å²) in [6.07, 6.45) is 1.98. The number of nitrogens with zero attached hydrogens (tertiary/aromatic N) is 2. The van der Waals surface area contributed by atoms with Crippen LogP contribution in [0.3, 0.4) is 0 Å². The van der Waals surface area contributed by atoms with Crippen LogP contribution in [0, 0.1) is 5.41 Å². The van der Waals surface area contributed by atoms with E-state index in [4.69, 9.17) is 0 Å². The molecule has 1 aromatic rings. The molecule has 0 unspecified atom stereocenters. The standard InChI is InChI=1S/C11H16F2N2/c1-10(2,3)7-9-14-6-5-8(15-9)11(4,12)13/h5-6H,7H2,1-4H3. The average molecular weight is 214 g/mol. The van der Waals surface area contributed by atoms with E-state index in [1.165, 1.54) is 12.3 Å². The van der Waals surface area contributed by atoms with Gasteiger partial charge in [0.1, 0.15) is 11.5 Å². The lowest BCUT2D eigenvalue weighted by Gasteiger charge is -2.17. The van der Waals surface area contributed by atoms with Crippen LogP contribution >= 0.6 is 0 Å². The first-order valence-electron chi connectivity index (χ1n) is 4.89. The highest BCUT2D eigenvalue weighted by molar-refractivity contribution is 5.08. The number of hydrogen-bond acceptors (Lipinski definition) is 2. The van der Waals surface area contributed by atoms with Gasteiger partial charge in [-0.2, -0.15) is 8.78 Å². The van der Waals surface area contributed by atoms with Crippen LogP contribution in [0.5, 0.6) is 0 Å². The number of hydrogen-bond donors (Lipinski definition) is 0. The minimum absolute atomic E-state index is 0.00164. The van der Waals surface area contributed by atoms with Crippen LogP contribution < -0.4 is 0 Å². The monoisotopic (exact) mass is 214 g/mol. The highest BCUT2D eigenvalue weighted by Crippen LogP contribution is 2.25. The fourth-order valence-corrected chi connectivity index (χ4v) is 1.20. The molecule has 2 nitrogen and oxygen atoms in total. The zero-order valence-corrected chi connectivity index (χ0v) is 9.51. The first-order valence-corrected chi connectivity index (χ1v) is 4.89. The highest BCUT2D eigenvalue weighted by Gasteiger charge is 2.27. The number of halogens is 2. The Morgan fingerprint density at radius 2 is 1.80 bits per heavy atom. The Labute approximate surface area is 88.8 Å². The zero-order valence-electron chi connectivity index (χ0n) is 9.51. The normalized spacial score (nSPS) is 12.9. The van der Waals surface area contributed by atoms with Gasteiger partial charge in [-0.05, 0) is 11.5 Å². The van der Waals surface area contributed by atoms with Crippen LogP contribution in [0.4, 0.5) is 8.78 Å². The quantitative estimate of drug-likeness (QED) is 0.755. The third-order valence-corrected chi connectivity index (χ3v) is 1.84. The van der Waals surface area contributed by atoms with Gasteiger partial charge in [-0.15, -0.1) is 0 Å². The minimum atomic E-state index is -2.89. The van der Waals surface area contributed by atoms with E-state index in [0.29, 0.717) is 12.2 Å². The van der Waals surface area contributed by atoms with Gasteiger partial charge >= 0.3 is 0 Å². The van der Waals surface area contributed by atoms with Crippen molar-refractivity contribution < 1.29 is 8.78 Å². The predicted molar refractivity (Wildman–Crippen MR) is 54.8 cm³/mol. The zero-order chi connectivity index (χ0) is 11.7. The fraction of sp³-hybridized carbons (Fsp3) is 0.636. The van der Waals surface area contributed by atoms with Gasteiger partial charge in [0.15, 0.2) is 0 Å². The molecule has 0 aliphatic rings. The number of aromatic nitrogens is 2. The lowest BCUT2D eigenvalue weighted by atomic mass is 9.92. The summed E-state index contributed by atoms with van der Waals surface area (Å²) in [6.45, 7) is 6.91. The average Bonchev–Trinajstić information content (AvgIpc) is 1.99. The van der Waals surface area contributed by atoms with Crippen molar-refractivity contribution in [3.05, 3.63) is 23.8 Å². The van der Waals surface area contributed by atoms with Crippen LogP contribution in [0.1, 0.15) is 39.2 Å². The lowest BCUT2D eigenvalue weighted by molar-refractivity contribution is 0.0123. The molecule has 0 spiro atoms. The summed E-state index contributed by atoms with van der Waals surface area (Å²) in [5, 5.41) is 0. The number of alkyl halides is 2. The Kier molecular flexibility index (Phi) is 3.07. The summed E-state index contributed by atoms with van der Waals surface area (Å²) in [6, 6.07) is 1.26. The molecule has 0 amide bonds. The minimum Gasteiger partial charge on any atom is -0.241 e. The molecule has 0 atom stereocenters. The molecule has 84 valence electrons. The molecule has 0 aliphatic heterocycles. The van der Waals surface area contributed by atoms with E-state index < -0.39 is 5.92 Å². The maximum absolute atomic E-state index is 13.0. The topological polar surface area (TPSA) is 25.8 Å². The SMILES string of the molecule is CC(C)(C)Cc1nccc(C(C)(F)F)n1. The van der Waals surface area contributed by atoms with E-state index in [-0.39, 0.29) is 11.1 Å². The summed E-state index contributed by atoms with van der Waals surface area (Å²) in [4.78, 5) is 7.86. The Bertz CT molecular complexity index is 337. The Hall–Kier alpha value is -1.06. The molecular weight excluding hydrogens is 198 g/mol. The Balaban J connectivity index is 2.94. The van der Waals surface area contributed by atoms with Crippen molar-refractivity contribution in [3.63, 3.8) is 0 Å². The van der Waals surface area contributed by atoms with E-state index in [1.807, 2.05) is 20.8 Å². The summed E-state index contributed by atoms with van der Waals surface area (Å²) in [5.41, 5.74) is -0.210. The van der Waals surface area contributed by atoms with Crippen molar-refractivity contribution >= 4 is 0 Å². The Morgan fingerprint density at radius 3 is 2.27 bits per heavy atom. The molecule has 0 aromatic carbocycles. The molecule has 0 aliphatic carbocycles. The highest BCUT2D eigenvalue weighted by atomic mass is 19.3. The van der Waals surface area contributed by atoms with Gasteiger partial charge < -0.3 is 0 Å². The van der Waals surface area contributed by atoms with Crippen LogP contribution in [-0.4, -0.2) is 9.97 Å². The second-order valence-corrected chi connectivity index (χ2v) is 4.98. The van der Waals surface area contributed by atoms with E-state index in [2.05, 4.69) is 9.97 Å². The summed E-state index contributed by atoms with van der Waals surface area (Å²) >= 11 is 0. The lowest BCUT2D eigenvalue weighted by Crippen LogP contribution is -2.16. The van der Waals surface area contributed by atoms with Gasteiger partial charge in [0, 0.05) is 19.5 Å².